The summed E-state index contributed by atoms with van der Waals surface area (Å²) in [7, 11) is 0. The first-order valence-electron chi connectivity index (χ1n) is 5.12. The summed E-state index contributed by atoms with van der Waals surface area (Å²) in [5.74, 6) is -1.50. The van der Waals surface area contributed by atoms with Crippen molar-refractivity contribution >= 4 is 17.4 Å². The summed E-state index contributed by atoms with van der Waals surface area (Å²) >= 11 is 0. The van der Waals surface area contributed by atoms with Crippen molar-refractivity contribution < 1.29 is 18.8 Å². The van der Waals surface area contributed by atoms with Gasteiger partial charge in [-0.1, -0.05) is 6.92 Å². The van der Waals surface area contributed by atoms with E-state index in [4.69, 9.17) is 5.53 Å². The Bertz CT molecular complexity index is 363. The van der Waals surface area contributed by atoms with E-state index in [9.17, 15) is 14.0 Å². The molecule has 6 heteroatoms. The quantitative estimate of drug-likeness (QED) is 0.318. The Balaban J connectivity index is 2.68. The number of halogens is 1. The molecule has 0 aromatic carbocycles. The van der Waals surface area contributed by atoms with Crippen LogP contribution in [0.4, 0.5) is 4.39 Å². The van der Waals surface area contributed by atoms with Gasteiger partial charge in [0.15, 0.2) is 0 Å². The number of amides is 1. The second-order valence-electron chi connectivity index (χ2n) is 3.96. The van der Waals surface area contributed by atoms with Gasteiger partial charge in [-0.15, -0.1) is 0 Å². The van der Waals surface area contributed by atoms with Crippen LogP contribution in [-0.4, -0.2) is 34.9 Å². The molecule has 1 fully saturated rings. The summed E-state index contributed by atoms with van der Waals surface area (Å²) < 4.78 is 12.2. The summed E-state index contributed by atoms with van der Waals surface area (Å²) in [5, 5.41) is 2.57. The highest BCUT2D eigenvalue weighted by Gasteiger charge is 2.45. The summed E-state index contributed by atoms with van der Waals surface area (Å²) in [6.45, 7) is 2.44. The first kappa shape index (κ1) is 12.5. The van der Waals surface area contributed by atoms with E-state index in [-0.39, 0.29) is 29.9 Å². The number of nitrogens with zero attached hydrogens (tertiary/aromatic N) is 2. The van der Waals surface area contributed by atoms with Gasteiger partial charge in [0.2, 0.25) is 11.7 Å². The standard InChI is InChI=1S/C10H14FN3O2/c1-5(9(15)6(2)14-12)8-7(3-4-11)10(16)13-8/h5,7-8H,3-4H2,1-2H3,(H,13,16)/t5-,7+,8+/m0/s1. The van der Waals surface area contributed by atoms with E-state index < -0.39 is 18.5 Å². The number of alkyl halides is 1. The molecule has 1 amide bonds. The third kappa shape index (κ3) is 2.17. The molecule has 1 aliphatic heterocycles. The van der Waals surface area contributed by atoms with Gasteiger partial charge in [0.25, 0.3) is 0 Å². The highest BCUT2D eigenvalue weighted by molar-refractivity contribution is 6.37. The average Bonchev–Trinajstić information content (AvgIpc) is 2.29. The minimum absolute atomic E-state index is 0.00681. The van der Waals surface area contributed by atoms with Gasteiger partial charge >= 0.3 is 5.71 Å². The molecular weight excluding hydrogens is 213 g/mol. The molecule has 0 aliphatic carbocycles. The van der Waals surface area contributed by atoms with Gasteiger partial charge in [-0.2, -0.15) is 4.79 Å². The monoisotopic (exact) mass is 227 g/mol. The third-order valence-corrected chi connectivity index (χ3v) is 2.96. The molecule has 3 atom stereocenters. The van der Waals surface area contributed by atoms with Crippen LogP contribution in [0.3, 0.4) is 0 Å². The van der Waals surface area contributed by atoms with Crippen LogP contribution in [0.1, 0.15) is 20.3 Å². The predicted octanol–water partition coefficient (Wildman–Crippen LogP) is 0.356. The molecule has 88 valence electrons. The lowest BCUT2D eigenvalue weighted by atomic mass is 9.78. The van der Waals surface area contributed by atoms with Crippen LogP contribution in [0.2, 0.25) is 0 Å². The molecule has 16 heavy (non-hydrogen) atoms. The van der Waals surface area contributed by atoms with E-state index >= 15 is 0 Å². The van der Waals surface area contributed by atoms with E-state index in [1.165, 1.54) is 6.92 Å². The molecule has 0 radical (unpaired) electrons. The Morgan fingerprint density at radius 1 is 1.69 bits per heavy atom. The van der Waals surface area contributed by atoms with Crippen molar-refractivity contribution in [2.75, 3.05) is 6.67 Å². The summed E-state index contributed by atoms with van der Waals surface area (Å²) in [5.41, 5.74) is 8.46. The van der Waals surface area contributed by atoms with Crippen molar-refractivity contribution in [1.82, 2.24) is 5.32 Å². The molecule has 1 aliphatic rings. The first-order valence-corrected chi connectivity index (χ1v) is 5.12. The molecule has 0 aromatic heterocycles. The molecule has 0 aromatic rings. The highest BCUT2D eigenvalue weighted by Crippen LogP contribution is 2.26. The molecular formula is C10H14FN3O2. The Morgan fingerprint density at radius 2 is 2.31 bits per heavy atom. The van der Waals surface area contributed by atoms with Crippen molar-refractivity contribution in [3.8, 4) is 0 Å². The van der Waals surface area contributed by atoms with Crippen LogP contribution in [0.15, 0.2) is 0 Å². The zero-order valence-electron chi connectivity index (χ0n) is 9.24. The lowest BCUT2D eigenvalue weighted by Crippen LogP contribution is -2.62. The number of Topliss-reactive ketones (excluding diaryl/α,β-unsaturated/α-hetero) is 1. The number of rotatable bonds is 5. The Hall–Kier alpha value is -1.55. The third-order valence-electron chi connectivity index (χ3n) is 2.96. The fourth-order valence-corrected chi connectivity index (χ4v) is 1.88. The Kier molecular flexibility index (Phi) is 3.90. The van der Waals surface area contributed by atoms with Crippen molar-refractivity contribution in [2.45, 2.75) is 26.3 Å². The zero-order chi connectivity index (χ0) is 12.3. The van der Waals surface area contributed by atoms with Crippen LogP contribution in [0, 0.1) is 11.8 Å². The van der Waals surface area contributed by atoms with Gasteiger partial charge in [0, 0.05) is 12.8 Å². The highest BCUT2D eigenvalue weighted by atomic mass is 19.1. The average molecular weight is 227 g/mol. The fraction of sp³-hybridized carbons (Fsp3) is 0.700. The maximum absolute atomic E-state index is 12.2. The second kappa shape index (κ2) is 4.99. The lowest BCUT2D eigenvalue weighted by Gasteiger charge is -2.39. The van der Waals surface area contributed by atoms with Crippen LogP contribution < -0.4 is 5.32 Å². The van der Waals surface area contributed by atoms with Crippen molar-refractivity contribution in [3.63, 3.8) is 0 Å². The first-order chi connectivity index (χ1) is 7.52. The van der Waals surface area contributed by atoms with Crippen LogP contribution >= 0.6 is 0 Å². The topological polar surface area (TPSA) is 82.6 Å². The zero-order valence-corrected chi connectivity index (χ0v) is 9.24. The molecule has 0 bridgehead atoms. The fourth-order valence-electron chi connectivity index (χ4n) is 1.88. The smallest absolute Gasteiger partial charge is 0.331 e. The molecule has 0 unspecified atom stereocenters. The van der Waals surface area contributed by atoms with Gasteiger partial charge in [-0.3, -0.25) is 14.0 Å². The molecule has 1 saturated heterocycles. The summed E-state index contributed by atoms with van der Waals surface area (Å²) in [6.07, 6.45) is 0.128. The van der Waals surface area contributed by atoms with Gasteiger partial charge in [0.1, 0.15) is 0 Å². The molecule has 5 nitrogen and oxygen atoms in total. The minimum atomic E-state index is -0.581. The van der Waals surface area contributed by atoms with Crippen molar-refractivity contribution in [3.05, 3.63) is 5.53 Å². The van der Waals surface area contributed by atoms with E-state index in [0.29, 0.717) is 0 Å². The molecule has 1 heterocycles. The van der Waals surface area contributed by atoms with Crippen LogP contribution in [0.25, 0.3) is 5.53 Å². The molecule has 0 saturated carbocycles. The number of ketones is 1. The lowest BCUT2D eigenvalue weighted by molar-refractivity contribution is -0.139. The minimum Gasteiger partial charge on any atom is -0.361 e. The number of carbonyl (C=O) groups excluding carboxylic acids is 2. The molecule has 0 spiro atoms. The Labute approximate surface area is 92.6 Å². The van der Waals surface area contributed by atoms with E-state index in [1.807, 2.05) is 0 Å². The SMILES string of the molecule is CC(=[N+]=[N-])C(=O)[C@@H](C)[C@H]1NC(=O)[C@@H]1CCF. The number of nitrogens with one attached hydrogen (secondary N) is 1. The van der Waals surface area contributed by atoms with Gasteiger partial charge in [-0.25, -0.2) is 0 Å². The maximum Gasteiger partial charge on any atom is 0.331 e. The number of carbonyl (C=O) groups is 2. The van der Waals surface area contributed by atoms with E-state index in [2.05, 4.69) is 10.1 Å². The maximum atomic E-state index is 12.2. The summed E-state index contributed by atoms with van der Waals surface area (Å²) in [4.78, 5) is 25.6. The van der Waals surface area contributed by atoms with Crippen molar-refractivity contribution in [2.24, 2.45) is 11.8 Å². The number of hydrogen-bond donors (Lipinski definition) is 1. The molecule has 1 N–H and O–H groups in total. The van der Waals surface area contributed by atoms with Gasteiger partial charge in [0.05, 0.1) is 18.6 Å². The van der Waals surface area contributed by atoms with Crippen LogP contribution in [0.5, 0.6) is 0 Å². The predicted molar refractivity (Wildman–Crippen MR) is 54.5 cm³/mol. The van der Waals surface area contributed by atoms with Crippen LogP contribution in [-0.2, 0) is 9.59 Å². The van der Waals surface area contributed by atoms with Gasteiger partial charge in [-0.05, 0) is 6.42 Å². The largest absolute Gasteiger partial charge is 0.361 e. The Morgan fingerprint density at radius 3 is 2.75 bits per heavy atom. The van der Waals surface area contributed by atoms with Gasteiger partial charge < -0.3 is 10.8 Å². The van der Waals surface area contributed by atoms with E-state index in [0.717, 1.165) is 0 Å². The van der Waals surface area contributed by atoms with E-state index in [1.54, 1.807) is 6.92 Å². The number of hydrogen-bond acceptors (Lipinski definition) is 2. The summed E-state index contributed by atoms with van der Waals surface area (Å²) in [6, 6.07) is -0.354. The normalized spacial score (nSPS) is 25.1. The van der Waals surface area contributed by atoms with Crippen molar-refractivity contribution in [1.29, 1.82) is 0 Å². The second-order valence-corrected chi connectivity index (χ2v) is 3.96. The number of β-lactam (4-membered cyclic amide) rings is 1. The molecule has 1 rings (SSSR count).